The van der Waals surface area contributed by atoms with Gasteiger partial charge in [-0.25, -0.2) is 5.43 Å². The lowest BCUT2D eigenvalue weighted by molar-refractivity contribution is -0.385. The molecule has 7 nitrogen and oxygen atoms in total. The lowest BCUT2D eigenvalue weighted by atomic mass is 10.1. The second-order valence-electron chi connectivity index (χ2n) is 5.13. The van der Waals surface area contributed by atoms with Gasteiger partial charge in [0, 0.05) is 17.2 Å². The number of hydrogen-bond donors (Lipinski definition) is 1. The highest BCUT2D eigenvalue weighted by molar-refractivity contribution is 5.95. The zero-order chi connectivity index (χ0) is 18.2. The van der Waals surface area contributed by atoms with E-state index in [1.54, 1.807) is 37.3 Å². The summed E-state index contributed by atoms with van der Waals surface area (Å²) in [5.74, 6) is 0.179. The number of nitro benzene ring substituents is 1. The van der Waals surface area contributed by atoms with Crippen LogP contribution >= 0.6 is 0 Å². The third kappa shape index (κ3) is 5.00. The van der Waals surface area contributed by atoms with E-state index in [2.05, 4.69) is 17.1 Å². The van der Waals surface area contributed by atoms with Gasteiger partial charge < -0.3 is 4.74 Å². The van der Waals surface area contributed by atoms with Gasteiger partial charge in [-0.1, -0.05) is 18.7 Å². The van der Waals surface area contributed by atoms with Crippen LogP contribution in [0.15, 0.2) is 60.2 Å². The van der Waals surface area contributed by atoms with Crippen LogP contribution in [0, 0.1) is 17.0 Å². The molecule has 0 aliphatic heterocycles. The normalized spacial score (nSPS) is 10.4. The fraction of sp³-hybridized carbons (Fsp3) is 0.111. The maximum atomic E-state index is 12.0. The van der Waals surface area contributed by atoms with Crippen molar-refractivity contribution in [1.82, 2.24) is 5.43 Å². The van der Waals surface area contributed by atoms with Gasteiger partial charge in [-0.05, 0) is 42.8 Å². The zero-order valence-corrected chi connectivity index (χ0v) is 13.6. The predicted molar refractivity (Wildman–Crippen MR) is 95.0 cm³/mol. The third-order valence-electron chi connectivity index (χ3n) is 3.30. The summed E-state index contributed by atoms with van der Waals surface area (Å²) in [7, 11) is 0. The van der Waals surface area contributed by atoms with Gasteiger partial charge in [0.05, 0.1) is 11.1 Å². The molecule has 0 heterocycles. The monoisotopic (exact) mass is 339 g/mol. The van der Waals surface area contributed by atoms with Gasteiger partial charge in [0.1, 0.15) is 12.4 Å². The molecule has 0 saturated heterocycles. The van der Waals surface area contributed by atoms with Crippen molar-refractivity contribution in [3.8, 4) is 5.75 Å². The first kappa shape index (κ1) is 17.9. The van der Waals surface area contributed by atoms with Crippen molar-refractivity contribution in [2.45, 2.75) is 6.92 Å². The molecule has 1 N–H and O–H groups in total. The van der Waals surface area contributed by atoms with Crippen LogP contribution in [-0.4, -0.2) is 23.7 Å². The van der Waals surface area contributed by atoms with Gasteiger partial charge in [-0.3, -0.25) is 14.9 Å². The molecule has 25 heavy (non-hydrogen) atoms. The van der Waals surface area contributed by atoms with E-state index in [1.165, 1.54) is 24.4 Å². The van der Waals surface area contributed by atoms with Crippen LogP contribution in [0.25, 0.3) is 0 Å². The SMILES string of the molecule is C=CCOc1ccc(/C=N\NC(=O)c2ccc(C)c([N+](=O)[O-])c2)cc1. The van der Waals surface area contributed by atoms with Crippen LogP contribution in [0.4, 0.5) is 5.69 Å². The number of nitro groups is 1. The Kier molecular flexibility index (Phi) is 6.00. The number of amides is 1. The molecule has 2 aromatic rings. The maximum absolute atomic E-state index is 12.0. The van der Waals surface area contributed by atoms with E-state index in [-0.39, 0.29) is 11.3 Å². The van der Waals surface area contributed by atoms with E-state index in [9.17, 15) is 14.9 Å². The molecule has 0 radical (unpaired) electrons. The first-order valence-corrected chi connectivity index (χ1v) is 7.43. The van der Waals surface area contributed by atoms with Crippen LogP contribution in [0.3, 0.4) is 0 Å². The number of benzene rings is 2. The van der Waals surface area contributed by atoms with Gasteiger partial charge >= 0.3 is 0 Å². The summed E-state index contributed by atoms with van der Waals surface area (Å²) in [6.45, 7) is 5.61. The third-order valence-corrected chi connectivity index (χ3v) is 3.30. The Hall–Kier alpha value is -3.48. The van der Waals surface area contributed by atoms with Gasteiger partial charge in [0.15, 0.2) is 0 Å². The maximum Gasteiger partial charge on any atom is 0.273 e. The van der Waals surface area contributed by atoms with Crippen LogP contribution in [-0.2, 0) is 0 Å². The standard InChI is InChI=1S/C18H17N3O4/c1-3-10-25-16-8-5-14(6-9-16)12-19-20-18(22)15-7-4-13(2)17(11-15)21(23)24/h3-9,11-12H,1,10H2,2H3,(H,20,22)/b19-12-. The zero-order valence-electron chi connectivity index (χ0n) is 13.6. The second kappa shape index (κ2) is 8.39. The summed E-state index contributed by atoms with van der Waals surface area (Å²) in [5, 5.41) is 14.8. The molecular weight excluding hydrogens is 322 g/mol. The topological polar surface area (TPSA) is 93.8 Å². The minimum atomic E-state index is -0.523. The number of nitrogens with one attached hydrogen (secondary N) is 1. The fourth-order valence-electron chi connectivity index (χ4n) is 1.98. The smallest absolute Gasteiger partial charge is 0.273 e. The second-order valence-corrected chi connectivity index (χ2v) is 5.13. The molecule has 128 valence electrons. The highest BCUT2D eigenvalue weighted by Gasteiger charge is 2.14. The molecular formula is C18H17N3O4. The minimum absolute atomic E-state index is 0.105. The highest BCUT2D eigenvalue weighted by atomic mass is 16.6. The molecule has 0 spiro atoms. The molecule has 1 amide bonds. The van der Waals surface area contributed by atoms with Crippen molar-refractivity contribution >= 4 is 17.8 Å². The van der Waals surface area contributed by atoms with E-state index in [1.807, 2.05) is 0 Å². The Balaban J connectivity index is 1.99. The lowest BCUT2D eigenvalue weighted by Crippen LogP contribution is -2.17. The van der Waals surface area contributed by atoms with Gasteiger partial charge in [0.2, 0.25) is 0 Å². The fourth-order valence-corrected chi connectivity index (χ4v) is 1.98. The highest BCUT2D eigenvalue weighted by Crippen LogP contribution is 2.19. The van der Waals surface area contributed by atoms with Crippen LogP contribution < -0.4 is 10.2 Å². The number of carbonyl (C=O) groups excluding carboxylic acids is 1. The van der Waals surface area contributed by atoms with E-state index in [4.69, 9.17) is 4.74 Å². The van der Waals surface area contributed by atoms with Crippen LogP contribution in [0.1, 0.15) is 21.5 Å². The summed E-state index contributed by atoms with van der Waals surface area (Å²) in [6, 6.07) is 11.4. The van der Waals surface area contributed by atoms with Crippen LogP contribution in [0.2, 0.25) is 0 Å². The van der Waals surface area contributed by atoms with Gasteiger partial charge in [-0.2, -0.15) is 5.10 Å². The largest absolute Gasteiger partial charge is 0.490 e. The average Bonchev–Trinajstić information content (AvgIpc) is 2.61. The van der Waals surface area contributed by atoms with Gasteiger partial charge in [0.25, 0.3) is 11.6 Å². The number of hydrogen-bond acceptors (Lipinski definition) is 5. The number of ether oxygens (including phenoxy) is 1. The predicted octanol–water partition coefficient (Wildman–Crippen LogP) is 3.23. The Bertz CT molecular complexity index is 814. The number of rotatable bonds is 7. The van der Waals surface area contributed by atoms with E-state index in [0.717, 1.165) is 5.56 Å². The quantitative estimate of drug-likeness (QED) is 0.363. The Labute approximate surface area is 144 Å². The Morgan fingerprint density at radius 3 is 2.68 bits per heavy atom. The summed E-state index contributed by atoms with van der Waals surface area (Å²) in [4.78, 5) is 22.4. The van der Waals surface area contributed by atoms with E-state index < -0.39 is 10.8 Å². The number of hydrazone groups is 1. The Morgan fingerprint density at radius 1 is 1.32 bits per heavy atom. The molecule has 0 bridgehead atoms. The summed E-state index contributed by atoms with van der Waals surface area (Å²) in [5.41, 5.74) is 3.66. The molecule has 7 heteroatoms. The summed E-state index contributed by atoms with van der Waals surface area (Å²) >= 11 is 0. The van der Waals surface area contributed by atoms with Crippen LogP contribution in [0.5, 0.6) is 5.75 Å². The lowest BCUT2D eigenvalue weighted by Gasteiger charge is -2.03. The molecule has 0 saturated carbocycles. The first-order valence-electron chi connectivity index (χ1n) is 7.43. The first-order chi connectivity index (χ1) is 12.0. The molecule has 2 aromatic carbocycles. The number of nitrogens with zero attached hydrogens (tertiary/aromatic N) is 2. The molecule has 0 atom stereocenters. The van der Waals surface area contributed by atoms with Crippen molar-refractivity contribution in [3.63, 3.8) is 0 Å². The molecule has 0 unspecified atom stereocenters. The van der Waals surface area contributed by atoms with Crippen molar-refractivity contribution in [2.24, 2.45) is 5.10 Å². The van der Waals surface area contributed by atoms with E-state index >= 15 is 0 Å². The summed E-state index contributed by atoms with van der Waals surface area (Å²) in [6.07, 6.45) is 3.12. The van der Waals surface area contributed by atoms with Crippen molar-refractivity contribution in [3.05, 3.63) is 81.9 Å². The Morgan fingerprint density at radius 2 is 2.04 bits per heavy atom. The molecule has 0 fully saturated rings. The number of carbonyl (C=O) groups is 1. The molecule has 0 aromatic heterocycles. The average molecular weight is 339 g/mol. The molecule has 0 aliphatic rings. The van der Waals surface area contributed by atoms with E-state index in [0.29, 0.717) is 17.9 Å². The van der Waals surface area contributed by atoms with Crippen molar-refractivity contribution < 1.29 is 14.5 Å². The summed E-state index contributed by atoms with van der Waals surface area (Å²) < 4.78 is 5.36. The van der Waals surface area contributed by atoms with Crippen molar-refractivity contribution in [2.75, 3.05) is 6.61 Å². The molecule has 2 rings (SSSR count). The molecule has 0 aliphatic carbocycles. The van der Waals surface area contributed by atoms with Crippen molar-refractivity contribution in [1.29, 1.82) is 0 Å². The minimum Gasteiger partial charge on any atom is -0.490 e. The number of aryl methyl sites for hydroxylation is 1. The van der Waals surface area contributed by atoms with Gasteiger partial charge in [-0.15, -0.1) is 0 Å².